The van der Waals surface area contributed by atoms with Gasteiger partial charge in [-0.3, -0.25) is 20.2 Å². The van der Waals surface area contributed by atoms with E-state index in [0.29, 0.717) is 35.6 Å². The molecule has 1 fully saturated rings. The molecule has 138 valence electrons. The van der Waals surface area contributed by atoms with Crippen molar-refractivity contribution in [1.82, 2.24) is 15.0 Å². The van der Waals surface area contributed by atoms with Gasteiger partial charge in [-0.25, -0.2) is 9.97 Å². The summed E-state index contributed by atoms with van der Waals surface area (Å²) in [6, 6.07) is 0. The number of aromatic nitrogens is 3. The van der Waals surface area contributed by atoms with Crippen molar-refractivity contribution in [2.45, 2.75) is 19.3 Å². The molecule has 10 nitrogen and oxygen atoms in total. The van der Waals surface area contributed by atoms with E-state index in [0.717, 1.165) is 12.8 Å². The number of hydrogen-bond donors (Lipinski definition) is 3. The van der Waals surface area contributed by atoms with Gasteiger partial charge in [0.2, 0.25) is 17.7 Å². The molecule has 0 bridgehead atoms. The van der Waals surface area contributed by atoms with Gasteiger partial charge in [-0.2, -0.15) is 0 Å². The van der Waals surface area contributed by atoms with Gasteiger partial charge in [0.1, 0.15) is 5.69 Å². The van der Waals surface area contributed by atoms with Crippen LogP contribution < -0.4 is 16.0 Å². The molecule has 26 heavy (non-hydrogen) atoms. The molecule has 0 radical (unpaired) electrons. The van der Waals surface area contributed by atoms with E-state index in [1.807, 2.05) is 4.90 Å². The van der Waals surface area contributed by atoms with E-state index in [4.69, 9.17) is 5.73 Å². The number of nitro groups is 1. The molecule has 1 amide bonds. The van der Waals surface area contributed by atoms with E-state index >= 15 is 0 Å². The molecule has 1 aliphatic heterocycles. The number of nitrogens with two attached hydrogens (primary N) is 1. The van der Waals surface area contributed by atoms with Crippen molar-refractivity contribution in [1.29, 1.82) is 0 Å². The standard InChI is InChI=1S/C15H18BrN7O3/c16-10-8-20-14(17)13(23(25)26)12(10)22-5-1-9(2-6-22)7-11(24)21-15-18-3-4-19-15/h3-4,8-9H,1-2,5-7H2,(H2,17,20)(H2,18,19,21,24). The van der Waals surface area contributed by atoms with Crippen LogP contribution in [0.25, 0.3) is 0 Å². The highest BCUT2D eigenvalue weighted by atomic mass is 79.9. The number of H-pyrrole nitrogens is 1. The summed E-state index contributed by atoms with van der Waals surface area (Å²) in [7, 11) is 0. The summed E-state index contributed by atoms with van der Waals surface area (Å²) in [6.45, 7) is 1.20. The largest absolute Gasteiger partial charge is 0.378 e. The quantitative estimate of drug-likeness (QED) is 0.494. The van der Waals surface area contributed by atoms with Crippen LogP contribution in [0.4, 0.5) is 23.1 Å². The van der Waals surface area contributed by atoms with E-state index < -0.39 is 4.92 Å². The van der Waals surface area contributed by atoms with Crippen molar-refractivity contribution < 1.29 is 9.72 Å². The van der Waals surface area contributed by atoms with Gasteiger partial charge in [0.15, 0.2) is 0 Å². The Balaban J connectivity index is 1.63. The van der Waals surface area contributed by atoms with Gasteiger partial charge in [0.05, 0.1) is 9.40 Å². The lowest BCUT2D eigenvalue weighted by Crippen LogP contribution is -2.35. The van der Waals surface area contributed by atoms with Crippen molar-refractivity contribution in [3.8, 4) is 0 Å². The Morgan fingerprint density at radius 1 is 1.46 bits per heavy atom. The van der Waals surface area contributed by atoms with Gasteiger partial charge >= 0.3 is 5.69 Å². The maximum atomic E-state index is 12.1. The van der Waals surface area contributed by atoms with E-state index in [9.17, 15) is 14.9 Å². The minimum absolute atomic E-state index is 0.0984. The summed E-state index contributed by atoms with van der Waals surface area (Å²) < 4.78 is 0.535. The Hall–Kier alpha value is -2.69. The lowest BCUT2D eigenvalue weighted by molar-refractivity contribution is -0.383. The average molecular weight is 424 g/mol. The molecular formula is C15H18BrN7O3. The van der Waals surface area contributed by atoms with Crippen LogP contribution >= 0.6 is 15.9 Å². The second kappa shape index (κ2) is 7.68. The van der Waals surface area contributed by atoms with Gasteiger partial charge in [0.25, 0.3) is 0 Å². The highest BCUT2D eigenvalue weighted by Crippen LogP contribution is 2.40. The molecule has 3 rings (SSSR count). The number of carbonyl (C=O) groups is 1. The molecule has 11 heteroatoms. The number of imidazole rings is 1. The first-order valence-electron chi connectivity index (χ1n) is 8.08. The third-order valence-electron chi connectivity index (χ3n) is 4.35. The molecular weight excluding hydrogens is 406 g/mol. The Bertz CT molecular complexity index is 804. The van der Waals surface area contributed by atoms with Gasteiger partial charge in [-0.05, 0) is 34.7 Å². The fourth-order valence-corrected chi connectivity index (χ4v) is 3.64. The second-order valence-electron chi connectivity index (χ2n) is 6.07. The molecule has 2 aromatic rings. The third kappa shape index (κ3) is 3.93. The summed E-state index contributed by atoms with van der Waals surface area (Å²) in [4.78, 5) is 35.5. The highest BCUT2D eigenvalue weighted by molar-refractivity contribution is 9.10. The minimum Gasteiger partial charge on any atom is -0.378 e. The molecule has 0 saturated carbocycles. The molecule has 0 aromatic carbocycles. The van der Waals surface area contributed by atoms with Crippen LogP contribution in [0.2, 0.25) is 0 Å². The molecule has 0 aliphatic carbocycles. The number of rotatable bonds is 5. The lowest BCUT2D eigenvalue weighted by Gasteiger charge is -2.33. The highest BCUT2D eigenvalue weighted by Gasteiger charge is 2.30. The zero-order chi connectivity index (χ0) is 18.7. The van der Waals surface area contributed by atoms with E-state index in [1.165, 1.54) is 6.20 Å². The van der Waals surface area contributed by atoms with Crippen LogP contribution in [0.15, 0.2) is 23.1 Å². The molecule has 3 heterocycles. The normalized spacial score (nSPS) is 15.0. The van der Waals surface area contributed by atoms with Gasteiger partial charge in [0, 0.05) is 38.1 Å². The van der Waals surface area contributed by atoms with Gasteiger partial charge in [-0.1, -0.05) is 0 Å². The minimum atomic E-state index is -0.509. The van der Waals surface area contributed by atoms with Gasteiger partial charge in [-0.15, -0.1) is 0 Å². The Morgan fingerprint density at radius 3 is 2.81 bits per heavy atom. The van der Waals surface area contributed by atoms with Crippen LogP contribution in [0.1, 0.15) is 19.3 Å². The number of anilines is 3. The number of aromatic amines is 1. The predicted octanol–water partition coefficient (Wildman–Crippen LogP) is 2.30. The number of amides is 1. The fraction of sp³-hybridized carbons (Fsp3) is 0.400. The molecule has 2 aromatic heterocycles. The van der Waals surface area contributed by atoms with Crippen molar-refractivity contribution in [2.24, 2.45) is 5.92 Å². The zero-order valence-electron chi connectivity index (χ0n) is 13.8. The van der Waals surface area contributed by atoms with Crippen molar-refractivity contribution in [3.63, 3.8) is 0 Å². The monoisotopic (exact) mass is 423 g/mol. The predicted molar refractivity (Wildman–Crippen MR) is 99.8 cm³/mol. The Labute approximate surface area is 157 Å². The van der Waals surface area contributed by atoms with Crippen LogP contribution in [0.3, 0.4) is 0 Å². The summed E-state index contributed by atoms with van der Waals surface area (Å²) in [6.07, 6.45) is 6.56. The van der Waals surface area contributed by atoms with Crippen LogP contribution in [0, 0.1) is 16.0 Å². The number of halogens is 1. The van der Waals surface area contributed by atoms with Crippen LogP contribution in [-0.2, 0) is 4.79 Å². The smallest absolute Gasteiger partial charge is 0.335 e. The number of nitrogens with one attached hydrogen (secondary N) is 2. The van der Waals surface area contributed by atoms with E-state index in [2.05, 4.69) is 36.2 Å². The van der Waals surface area contributed by atoms with Crippen LogP contribution in [0.5, 0.6) is 0 Å². The number of piperidine rings is 1. The Kier molecular flexibility index (Phi) is 5.35. The van der Waals surface area contributed by atoms with Crippen LogP contribution in [-0.4, -0.2) is 38.9 Å². The van der Waals surface area contributed by atoms with Crippen molar-refractivity contribution in [3.05, 3.63) is 33.2 Å². The second-order valence-corrected chi connectivity index (χ2v) is 6.92. The summed E-state index contributed by atoms with van der Waals surface area (Å²) in [5.74, 6) is 0.435. The summed E-state index contributed by atoms with van der Waals surface area (Å²) in [5, 5.41) is 14.1. The van der Waals surface area contributed by atoms with E-state index in [1.54, 1.807) is 12.4 Å². The number of nitrogen functional groups attached to an aromatic ring is 1. The topological polar surface area (TPSA) is 143 Å². The first-order chi connectivity index (χ1) is 12.5. The first kappa shape index (κ1) is 18.1. The fourth-order valence-electron chi connectivity index (χ4n) is 3.10. The lowest BCUT2D eigenvalue weighted by atomic mass is 9.93. The molecule has 0 spiro atoms. The maximum Gasteiger partial charge on any atom is 0.335 e. The molecule has 1 aliphatic rings. The molecule has 0 unspecified atom stereocenters. The molecule has 4 N–H and O–H groups in total. The number of hydrogen-bond acceptors (Lipinski definition) is 7. The summed E-state index contributed by atoms with van der Waals surface area (Å²) >= 11 is 3.34. The molecule has 0 atom stereocenters. The zero-order valence-corrected chi connectivity index (χ0v) is 15.4. The summed E-state index contributed by atoms with van der Waals surface area (Å²) in [5.41, 5.74) is 5.95. The molecule has 1 saturated heterocycles. The number of pyridine rings is 1. The average Bonchev–Trinajstić information content (AvgIpc) is 3.10. The number of carbonyl (C=O) groups excluding carboxylic acids is 1. The van der Waals surface area contributed by atoms with E-state index in [-0.39, 0.29) is 23.3 Å². The van der Waals surface area contributed by atoms with Gasteiger partial charge < -0.3 is 15.6 Å². The maximum absolute atomic E-state index is 12.1. The van der Waals surface area contributed by atoms with Crippen molar-refractivity contribution >= 4 is 45.0 Å². The third-order valence-corrected chi connectivity index (χ3v) is 4.93. The first-order valence-corrected chi connectivity index (χ1v) is 8.87. The SMILES string of the molecule is Nc1ncc(Br)c(N2CCC(CC(=O)Nc3ncc[nH]3)CC2)c1[N+](=O)[O-]. The number of nitrogens with zero attached hydrogens (tertiary/aromatic N) is 4. The van der Waals surface area contributed by atoms with Crippen molar-refractivity contribution in [2.75, 3.05) is 29.0 Å². The Morgan fingerprint density at radius 2 is 2.19 bits per heavy atom.